The normalized spacial score (nSPS) is 39.2. The van der Waals surface area contributed by atoms with Gasteiger partial charge in [0.1, 0.15) is 5.76 Å². The molecule has 0 unspecified atom stereocenters. The van der Waals surface area contributed by atoms with Crippen molar-refractivity contribution in [2.24, 2.45) is 29.6 Å². The summed E-state index contributed by atoms with van der Waals surface area (Å²) in [5.74, 6) is 3.43. The number of aliphatic carboxylic acids is 1. The molecule has 0 amide bonds. The van der Waals surface area contributed by atoms with E-state index in [2.05, 4.69) is 0 Å². The summed E-state index contributed by atoms with van der Waals surface area (Å²) in [6.07, 6.45) is 9.60. The van der Waals surface area contributed by atoms with E-state index in [0.717, 1.165) is 23.2 Å². The molecule has 1 N–H and O–H groups in total. The Labute approximate surface area is 118 Å². The van der Waals surface area contributed by atoms with E-state index in [4.69, 9.17) is 4.42 Å². The fourth-order valence-electron chi connectivity index (χ4n) is 5.34. The van der Waals surface area contributed by atoms with Crippen LogP contribution in [0.5, 0.6) is 0 Å². The lowest BCUT2D eigenvalue weighted by molar-refractivity contribution is -0.131. The number of hydrogen-bond acceptors (Lipinski definition) is 2. The molecule has 3 heteroatoms. The summed E-state index contributed by atoms with van der Waals surface area (Å²) in [6, 6.07) is 3.75. The van der Waals surface area contributed by atoms with Crippen LogP contribution < -0.4 is 0 Å². The maximum Gasteiger partial charge on any atom is 0.328 e. The Morgan fingerprint density at radius 1 is 1.15 bits per heavy atom. The molecule has 1 aromatic rings. The number of allylic oxidation sites excluding steroid dienone is 1. The molecule has 0 radical (unpaired) electrons. The van der Waals surface area contributed by atoms with Gasteiger partial charge in [0, 0.05) is 11.6 Å². The molecule has 0 spiro atoms. The van der Waals surface area contributed by atoms with Crippen LogP contribution in [0.2, 0.25) is 0 Å². The van der Waals surface area contributed by atoms with Crippen molar-refractivity contribution in [3.8, 4) is 0 Å². The van der Waals surface area contributed by atoms with Crippen molar-refractivity contribution in [1.29, 1.82) is 0 Å². The number of furan rings is 1. The van der Waals surface area contributed by atoms with Gasteiger partial charge in [-0.05, 0) is 73.8 Å². The molecule has 0 atom stereocenters. The number of hydrogen-bond donors (Lipinski definition) is 1. The smallest absolute Gasteiger partial charge is 0.328 e. The Balaban J connectivity index is 1.72. The Morgan fingerprint density at radius 2 is 1.80 bits per heavy atom. The van der Waals surface area contributed by atoms with Gasteiger partial charge in [0.05, 0.1) is 6.26 Å². The minimum absolute atomic E-state index is 0.394. The van der Waals surface area contributed by atoms with Crippen LogP contribution in [-0.4, -0.2) is 11.1 Å². The van der Waals surface area contributed by atoms with Crippen molar-refractivity contribution in [3.05, 3.63) is 30.2 Å². The molecule has 4 bridgehead atoms. The first-order valence-corrected chi connectivity index (χ1v) is 7.69. The Morgan fingerprint density at radius 3 is 2.30 bits per heavy atom. The second-order valence-corrected chi connectivity index (χ2v) is 6.87. The molecule has 20 heavy (non-hydrogen) atoms. The number of rotatable bonds is 3. The van der Waals surface area contributed by atoms with Gasteiger partial charge in [-0.3, -0.25) is 0 Å². The van der Waals surface area contributed by atoms with Gasteiger partial charge in [-0.2, -0.15) is 0 Å². The highest BCUT2D eigenvalue weighted by molar-refractivity contribution is 5.89. The summed E-state index contributed by atoms with van der Waals surface area (Å²) >= 11 is 0. The number of carboxylic acid groups (broad SMARTS) is 1. The van der Waals surface area contributed by atoms with Crippen molar-refractivity contribution >= 4 is 11.5 Å². The topological polar surface area (TPSA) is 50.4 Å². The van der Waals surface area contributed by atoms with Gasteiger partial charge in [0.15, 0.2) is 0 Å². The molecular formula is C17H20O3. The Kier molecular flexibility index (Phi) is 2.76. The second-order valence-electron chi connectivity index (χ2n) is 6.87. The lowest BCUT2D eigenvalue weighted by Crippen LogP contribution is -2.45. The summed E-state index contributed by atoms with van der Waals surface area (Å²) in [6.45, 7) is 0. The summed E-state index contributed by atoms with van der Waals surface area (Å²) in [5.41, 5.74) is 0.927. The predicted molar refractivity (Wildman–Crippen MR) is 74.9 cm³/mol. The van der Waals surface area contributed by atoms with Gasteiger partial charge in [0.25, 0.3) is 0 Å². The van der Waals surface area contributed by atoms with Gasteiger partial charge in [-0.25, -0.2) is 4.79 Å². The molecule has 106 valence electrons. The van der Waals surface area contributed by atoms with Crippen molar-refractivity contribution in [2.45, 2.75) is 32.1 Å². The third-order valence-electron chi connectivity index (χ3n) is 5.67. The van der Waals surface area contributed by atoms with Crippen LogP contribution in [0.4, 0.5) is 0 Å². The quantitative estimate of drug-likeness (QED) is 0.851. The van der Waals surface area contributed by atoms with Gasteiger partial charge < -0.3 is 9.52 Å². The first-order chi connectivity index (χ1) is 9.70. The summed E-state index contributed by atoms with van der Waals surface area (Å²) in [7, 11) is 0. The van der Waals surface area contributed by atoms with Gasteiger partial charge >= 0.3 is 5.97 Å². The fraction of sp³-hybridized carbons (Fsp3) is 0.588. The monoisotopic (exact) mass is 272 g/mol. The molecule has 3 nitrogen and oxygen atoms in total. The van der Waals surface area contributed by atoms with Crippen LogP contribution in [0, 0.1) is 29.6 Å². The third kappa shape index (κ3) is 1.91. The molecule has 4 fully saturated rings. The molecule has 0 saturated heterocycles. The van der Waals surface area contributed by atoms with E-state index in [-0.39, 0.29) is 0 Å². The average molecular weight is 272 g/mol. The maximum atomic E-state index is 11.2. The lowest BCUT2D eigenvalue weighted by Gasteiger charge is -2.54. The highest BCUT2D eigenvalue weighted by Gasteiger charge is 2.49. The van der Waals surface area contributed by atoms with E-state index in [1.165, 1.54) is 38.2 Å². The summed E-state index contributed by atoms with van der Waals surface area (Å²) in [4.78, 5) is 11.2. The second kappa shape index (κ2) is 4.51. The van der Waals surface area contributed by atoms with Crippen molar-refractivity contribution in [1.82, 2.24) is 0 Å². The van der Waals surface area contributed by atoms with Gasteiger partial charge in [-0.1, -0.05) is 0 Å². The van der Waals surface area contributed by atoms with Crippen molar-refractivity contribution in [3.63, 3.8) is 0 Å². The zero-order valence-electron chi connectivity index (χ0n) is 11.5. The minimum Gasteiger partial charge on any atom is -0.478 e. The maximum absolute atomic E-state index is 11.2. The van der Waals surface area contributed by atoms with Crippen LogP contribution in [0.25, 0.3) is 5.57 Å². The van der Waals surface area contributed by atoms with Crippen LogP contribution in [0.3, 0.4) is 0 Å². The molecule has 4 aliphatic rings. The summed E-state index contributed by atoms with van der Waals surface area (Å²) in [5, 5.41) is 9.22. The average Bonchev–Trinajstić information content (AvgIpc) is 2.89. The lowest BCUT2D eigenvalue weighted by atomic mass is 9.50. The van der Waals surface area contributed by atoms with Crippen molar-refractivity contribution < 1.29 is 14.3 Å². The SMILES string of the molecule is O=C(O)/C=C(\c1ccco1)C1C2CC3CC(C2)CC1C3. The first-order valence-electron chi connectivity index (χ1n) is 7.69. The van der Waals surface area contributed by atoms with E-state index in [1.807, 2.05) is 12.1 Å². The molecule has 0 aliphatic heterocycles. The van der Waals surface area contributed by atoms with Crippen LogP contribution >= 0.6 is 0 Å². The third-order valence-corrected chi connectivity index (χ3v) is 5.67. The minimum atomic E-state index is -0.856. The molecule has 5 rings (SSSR count). The highest BCUT2D eigenvalue weighted by Crippen LogP contribution is 2.59. The molecular weight excluding hydrogens is 252 g/mol. The zero-order chi connectivity index (χ0) is 13.7. The number of carboxylic acids is 1. The van der Waals surface area contributed by atoms with Crippen LogP contribution in [0.1, 0.15) is 37.9 Å². The predicted octanol–water partition coefficient (Wildman–Crippen LogP) is 3.82. The molecule has 1 heterocycles. The Bertz CT molecular complexity index is 513. The van der Waals surface area contributed by atoms with E-state index >= 15 is 0 Å². The standard InChI is InChI=1S/C17H20O3/c18-16(19)9-14(15-2-1-3-20-15)17-12-5-10-4-11(7-12)8-13(17)6-10/h1-3,9-13,17H,4-8H2,(H,18,19)/b14-9+. The van der Waals surface area contributed by atoms with E-state index in [0.29, 0.717) is 17.8 Å². The van der Waals surface area contributed by atoms with Crippen molar-refractivity contribution in [2.75, 3.05) is 0 Å². The molecule has 4 aliphatic carbocycles. The molecule has 0 aromatic carbocycles. The van der Waals surface area contributed by atoms with Crippen LogP contribution in [-0.2, 0) is 4.79 Å². The first kappa shape index (κ1) is 12.2. The number of carbonyl (C=O) groups is 1. The molecule has 4 saturated carbocycles. The largest absolute Gasteiger partial charge is 0.478 e. The van der Waals surface area contributed by atoms with E-state index < -0.39 is 5.97 Å². The summed E-state index contributed by atoms with van der Waals surface area (Å²) < 4.78 is 5.52. The van der Waals surface area contributed by atoms with Gasteiger partial charge in [0.2, 0.25) is 0 Å². The van der Waals surface area contributed by atoms with E-state index in [1.54, 1.807) is 6.26 Å². The zero-order valence-corrected chi connectivity index (χ0v) is 11.5. The Hall–Kier alpha value is -1.51. The van der Waals surface area contributed by atoms with E-state index in [9.17, 15) is 9.90 Å². The van der Waals surface area contributed by atoms with Gasteiger partial charge in [-0.15, -0.1) is 0 Å². The fourth-order valence-corrected chi connectivity index (χ4v) is 5.34. The highest BCUT2D eigenvalue weighted by atomic mass is 16.4. The molecule has 1 aromatic heterocycles. The van der Waals surface area contributed by atoms with Crippen LogP contribution in [0.15, 0.2) is 28.9 Å².